The van der Waals surface area contributed by atoms with Crippen LogP contribution in [-0.2, 0) is 11.2 Å². The molecule has 0 unspecified atom stereocenters. The Labute approximate surface area is 77.8 Å². The Morgan fingerprint density at radius 1 is 1.69 bits per heavy atom. The maximum Gasteiger partial charge on any atom is 0.220 e. The molecule has 0 aliphatic rings. The second-order valence-corrected chi connectivity index (χ2v) is 3.26. The van der Waals surface area contributed by atoms with Gasteiger partial charge in [-0.2, -0.15) is 0 Å². The molecule has 1 aromatic rings. The van der Waals surface area contributed by atoms with Crippen molar-refractivity contribution in [1.82, 2.24) is 15.3 Å². The molecule has 0 aliphatic carbocycles. The van der Waals surface area contributed by atoms with E-state index in [1.807, 2.05) is 13.8 Å². The highest BCUT2D eigenvalue weighted by molar-refractivity contribution is 5.76. The van der Waals surface area contributed by atoms with Crippen molar-refractivity contribution in [3.05, 3.63) is 18.2 Å². The Morgan fingerprint density at radius 3 is 3.00 bits per heavy atom. The number of amides is 1. The number of hydrogen-bond donors (Lipinski definition) is 2. The Morgan fingerprint density at radius 2 is 2.46 bits per heavy atom. The van der Waals surface area contributed by atoms with Crippen LogP contribution in [0.25, 0.3) is 0 Å². The minimum Gasteiger partial charge on any atom is -0.354 e. The first-order valence-corrected chi connectivity index (χ1v) is 4.46. The molecule has 4 heteroatoms. The predicted octanol–water partition coefficient (Wildman–Crippen LogP) is 0.867. The summed E-state index contributed by atoms with van der Waals surface area (Å²) in [7, 11) is 0. The highest BCUT2D eigenvalue weighted by Crippen LogP contribution is 1.94. The van der Waals surface area contributed by atoms with Crippen molar-refractivity contribution in [1.29, 1.82) is 0 Å². The van der Waals surface area contributed by atoms with Gasteiger partial charge in [-0.05, 0) is 13.8 Å². The molecule has 0 bridgehead atoms. The summed E-state index contributed by atoms with van der Waals surface area (Å²) in [6.07, 6.45) is 4.61. The van der Waals surface area contributed by atoms with Crippen LogP contribution in [0.5, 0.6) is 0 Å². The maximum atomic E-state index is 11.2. The van der Waals surface area contributed by atoms with E-state index in [1.54, 1.807) is 12.4 Å². The van der Waals surface area contributed by atoms with Gasteiger partial charge < -0.3 is 10.3 Å². The van der Waals surface area contributed by atoms with E-state index in [2.05, 4.69) is 15.3 Å². The molecule has 0 aromatic carbocycles. The molecule has 0 aliphatic heterocycles. The van der Waals surface area contributed by atoms with E-state index in [4.69, 9.17) is 0 Å². The average molecular weight is 181 g/mol. The average Bonchev–Trinajstić information content (AvgIpc) is 2.51. The fourth-order valence-electron chi connectivity index (χ4n) is 1.06. The van der Waals surface area contributed by atoms with Crippen LogP contribution in [-0.4, -0.2) is 21.9 Å². The van der Waals surface area contributed by atoms with Gasteiger partial charge in [-0.25, -0.2) is 4.98 Å². The number of rotatable bonds is 4. The fourth-order valence-corrected chi connectivity index (χ4v) is 1.06. The normalized spacial score (nSPS) is 10.4. The van der Waals surface area contributed by atoms with Gasteiger partial charge in [0.15, 0.2) is 0 Å². The quantitative estimate of drug-likeness (QED) is 0.724. The van der Waals surface area contributed by atoms with E-state index in [9.17, 15) is 4.79 Å². The largest absolute Gasteiger partial charge is 0.354 e. The maximum absolute atomic E-state index is 11.2. The molecule has 1 amide bonds. The zero-order chi connectivity index (χ0) is 9.68. The smallest absolute Gasteiger partial charge is 0.220 e. The molecule has 4 nitrogen and oxygen atoms in total. The third-order valence-electron chi connectivity index (χ3n) is 1.59. The third-order valence-corrected chi connectivity index (χ3v) is 1.59. The summed E-state index contributed by atoms with van der Waals surface area (Å²) < 4.78 is 0. The van der Waals surface area contributed by atoms with Gasteiger partial charge in [-0.1, -0.05) is 0 Å². The van der Waals surface area contributed by atoms with Crippen molar-refractivity contribution in [2.24, 2.45) is 0 Å². The Hall–Kier alpha value is -1.32. The van der Waals surface area contributed by atoms with Crippen molar-refractivity contribution in [3.8, 4) is 0 Å². The van der Waals surface area contributed by atoms with Gasteiger partial charge in [0.25, 0.3) is 0 Å². The number of aryl methyl sites for hydroxylation is 1. The number of aromatic nitrogens is 2. The van der Waals surface area contributed by atoms with Crippen molar-refractivity contribution in [2.45, 2.75) is 32.7 Å². The van der Waals surface area contributed by atoms with Crippen LogP contribution in [0.2, 0.25) is 0 Å². The van der Waals surface area contributed by atoms with E-state index in [-0.39, 0.29) is 11.9 Å². The molecule has 0 spiro atoms. The summed E-state index contributed by atoms with van der Waals surface area (Å²) >= 11 is 0. The van der Waals surface area contributed by atoms with E-state index in [0.29, 0.717) is 12.8 Å². The third kappa shape index (κ3) is 3.73. The van der Waals surface area contributed by atoms with E-state index in [0.717, 1.165) is 5.82 Å². The van der Waals surface area contributed by atoms with Crippen LogP contribution < -0.4 is 5.32 Å². The van der Waals surface area contributed by atoms with Crippen molar-refractivity contribution in [3.63, 3.8) is 0 Å². The molecule has 1 aromatic heterocycles. The van der Waals surface area contributed by atoms with Crippen LogP contribution >= 0.6 is 0 Å². The Balaban J connectivity index is 2.23. The zero-order valence-corrected chi connectivity index (χ0v) is 8.00. The summed E-state index contributed by atoms with van der Waals surface area (Å²) in [5, 5.41) is 2.82. The molecule has 0 saturated carbocycles. The number of aromatic amines is 1. The van der Waals surface area contributed by atoms with E-state index >= 15 is 0 Å². The van der Waals surface area contributed by atoms with E-state index in [1.165, 1.54) is 0 Å². The first-order chi connectivity index (χ1) is 6.18. The first-order valence-electron chi connectivity index (χ1n) is 4.46. The van der Waals surface area contributed by atoms with Crippen LogP contribution in [0.15, 0.2) is 12.4 Å². The molecule has 13 heavy (non-hydrogen) atoms. The van der Waals surface area contributed by atoms with Gasteiger partial charge in [0.2, 0.25) is 5.91 Å². The molecule has 0 radical (unpaired) electrons. The van der Waals surface area contributed by atoms with Gasteiger partial charge in [0.1, 0.15) is 5.82 Å². The van der Waals surface area contributed by atoms with Gasteiger partial charge in [0.05, 0.1) is 0 Å². The molecule has 72 valence electrons. The molecule has 0 atom stereocenters. The van der Waals surface area contributed by atoms with Crippen LogP contribution in [0, 0.1) is 0 Å². The summed E-state index contributed by atoms with van der Waals surface area (Å²) in [6.45, 7) is 3.90. The van der Waals surface area contributed by atoms with Crippen molar-refractivity contribution < 1.29 is 4.79 Å². The van der Waals surface area contributed by atoms with Crippen LogP contribution in [0.4, 0.5) is 0 Å². The number of carbonyl (C=O) groups excluding carboxylic acids is 1. The second-order valence-electron chi connectivity index (χ2n) is 3.26. The van der Waals surface area contributed by atoms with Gasteiger partial charge in [0, 0.05) is 31.3 Å². The minimum absolute atomic E-state index is 0.0754. The molecule has 1 rings (SSSR count). The topological polar surface area (TPSA) is 57.8 Å². The molecule has 1 heterocycles. The number of H-pyrrole nitrogens is 1. The number of hydrogen-bond acceptors (Lipinski definition) is 2. The molecule has 0 saturated heterocycles. The lowest BCUT2D eigenvalue weighted by atomic mass is 10.2. The monoisotopic (exact) mass is 181 g/mol. The minimum atomic E-state index is 0.0754. The predicted molar refractivity (Wildman–Crippen MR) is 50.2 cm³/mol. The summed E-state index contributed by atoms with van der Waals surface area (Å²) in [5.74, 6) is 0.935. The molecular weight excluding hydrogens is 166 g/mol. The number of carbonyl (C=O) groups is 1. The summed E-state index contributed by atoms with van der Waals surface area (Å²) in [6, 6.07) is 0.212. The summed E-state index contributed by atoms with van der Waals surface area (Å²) in [5.41, 5.74) is 0. The van der Waals surface area contributed by atoms with Crippen LogP contribution in [0.1, 0.15) is 26.1 Å². The highest BCUT2D eigenvalue weighted by atomic mass is 16.1. The number of nitrogens with one attached hydrogen (secondary N) is 2. The first kappa shape index (κ1) is 9.77. The lowest BCUT2D eigenvalue weighted by Gasteiger charge is -2.06. The zero-order valence-electron chi connectivity index (χ0n) is 8.00. The molecule has 2 N–H and O–H groups in total. The van der Waals surface area contributed by atoms with Gasteiger partial charge >= 0.3 is 0 Å². The number of imidazole rings is 1. The Kier molecular flexibility index (Phi) is 3.49. The Bertz CT molecular complexity index is 254. The fraction of sp³-hybridized carbons (Fsp3) is 0.556. The van der Waals surface area contributed by atoms with Crippen molar-refractivity contribution >= 4 is 5.91 Å². The summed E-state index contributed by atoms with van der Waals surface area (Å²) in [4.78, 5) is 18.2. The standard InChI is InChI=1S/C9H15N3O/c1-7(2)12-9(13)4-3-8-10-5-6-11-8/h5-7H,3-4H2,1-2H3,(H,10,11)(H,12,13). The van der Waals surface area contributed by atoms with Gasteiger partial charge in [-0.3, -0.25) is 4.79 Å². The second kappa shape index (κ2) is 4.64. The highest BCUT2D eigenvalue weighted by Gasteiger charge is 2.04. The SMILES string of the molecule is CC(C)NC(=O)CCc1ncc[nH]1. The molecular formula is C9H15N3O. The van der Waals surface area contributed by atoms with Crippen LogP contribution in [0.3, 0.4) is 0 Å². The van der Waals surface area contributed by atoms with Gasteiger partial charge in [-0.15, -0.1) is 0 Å². The molecule has 0 fully saturated rings. The lowest BCUT2D eigenvalue weighted by Crippen LogP contribution is -2.30. The number of nitrogens with zero attached hydrogens (tertiary/aromatic N) is 1. The lowest BCUT2D eigenvalue weighted by molar-refractivity contribution is -0.121. The van der Waals surface area contributed by atoms with Crippen molar-refractivity contribution in [2.75, 3.05) is 0 Å². The van der Waals surface area contributed by atoms with E-state index < -0.39 is 0 Å².